The monoisotopic (exact) mass is 329 g/mol. The second-order valence-corrected chi connectivity index (χ2v) is 8.09. The van der Waals surface area contributed by atoms with Crippen molar-refractivity contribution in [3.8, 4) is 0 Å². The number of carbonyl (C=O) groups is 1. The maximum absolute atomic E-state index is 12.2. The van der Waals surface area contributed by atoms with Crippen molar-refractivity contribution in [1.29, 1.82) is 0 Å². The molecule has 0 aliphatic heterocycles. The first-order chi connectivity index (χ1) is 9.94. The molecule has 0 bridgehead atoms. The van der Waals surface area contributed by atoms with Crippen molar-refractivity contribution in [2.45, 2.75) is 37.5 Å². The van der Waals surface area contributed by atoms with Crippen molar-refractivity contribution < 1.29 is 13.2 Å². The summed E-state index contributed by atoms with van der Waals surface area (Å²) in [6.45, 7) is 2.20. The summed E-state index contributed by atoms with van der Waals surface area (Å²) in [7, 11) is -3.34. The van der Waals surface area contributed by atoms with Crippen molar-refractivity contribution in [3.63, 3.8) is 0 Å². The van der Waals surface area contributed by atoms with Crippen LogP contribution in [0.15, 0.2) is 23.1 Å². The zero-order valence-corrected chi connectivity index (χ0v) is 13.6. The van der Waals surface area contributed by atoms with Gasteiger partial charge in [0.15, 0.2) is 9.84 Å². The Kier molecular flexibility index (Phi) is 5.27. The van der Waals surface area contributed by atoms with Crippen molar-refractivity contribution in [3.05, 3.63) is 28.8 Å². The molecule has 0 radical (unpaired) electrons. The molecule has 0 atom stereocenters. The third kappa shape index (κ3) is 3.98. The number of sulfone groups is 1. The second-order valence-electron chi connectivity index (χ2n) is 5.41. The molecule has 6 heteroatoms. The molecule has 0 saturated heterocycles. The van der Waals surface area contributed by atoms with Crippen LogP contribution >= 0.6 is 11.6 Å². The van der Waals surface area contributed by atoms with E-state index in [0.29, 0.717) is 12.5 Å². The highest BCUT2D eigenvalue weighted by Gasteiger charge is 2.19. The number of carbonyl (C=O) groups excluding carboxylic acids is 1. The zero-order valence-electron chi connectivity index (χ0n) is 12.1. The van der Waals surface area contributed by atoms with E-state index in [-0.39, 0.29) is 27.1 Å². The minimum absolute atomic E-state index is 0.00222. The Bertz CT molecular complexity index is 622. The predicted octanol–water partition coefficient (Wildman–Crippen LogP) is 3.05. The SMILES string of the molecule is CCS(=O)(=O)c1ccc(Cl)c(C(=O)NCC2CCCC2)c1. The zero-order chi connectivity index (χ0) is 15.5. The highest BCUT2D eigenvalue weighted by molar-refractivity contribution is 7.91. The van der Waals surface area contributed by atoms with Crippen LogP contribution in [0.4, 0.5) is 0 Å². The van der Waals surface area contributed by atoms with E-state index in [2.05, 4.69) is 5.32 Å². The summed E-state index contributed by atoms with van der Waals surface area (Å²) >= 11 is 6.02. The average Bonchev–Trinajstić information content (AvgIpc) is 2.98. The normalized spacial score (nSPS) is 16.1. The Morgan fingerprint density at radius 1 is 1.33 bits per heavy atom. The van der Waals surface area contributed by atoms with Gasteiger partial charge in [0, 0.05) is 6.54 Å². The van der Waals surface area contributed by atoms with Gasteiger partial charge in [-0.25, -0.2) is 8.42 Å². The van der Waals surface area contributed by atoms with E-state index in [1.165, 1.54) is 31.0 Å². The summed E-state index contributed by atoms with van der Waals surface area (Å²) < 4.78 is 23.8. The van der Waals surface area contributed by atoms with Crippen LogP contribution in [0.1, 0.15) is 43.0 Å². The number of hydrogen-bond donors (Lipinski definition) is 1. The van der Waals surface area contributed by atoms with Gasteiger partial charge in [0.05, 0.1) is 21.2 Å². The fourth-order valence-electron chi connectivity index (χ4n) is 2.59. The molecular formula is C15H20ClNO3S. The number of rotatable bonds is 5. The van der Waals surface area contributed by atoms with Gasteiger partial charge in [-0.15, -0.1) is 0 Å². The molecule has 1 fully saturated rings. The van der Waals surface area contributed by atoms with Gasteiger partial charge in [0.2, 0.25) is 0 Å². The molecule has 116 valence electrons. The third-order valence-corrected chi connectivity index (χ3v) is 6.01. The number of halogens is 1. The first-order valence-electron chi connectivity index (χ1n) is 7.24. The van der Waals surface area contributed by atoms with Crippen LogP contribution in [0, 0.1) is 5.92 Å². The smallest absolute Gasteiger partial charge is 0.252 e. The fourth-order valence-corrected chi connectivity index (χ4v) is 3.69. The van der Waals surface area contributed by atoms with Crippen LogP contribution in [-0.4, -0.2) is 26.6 Å². The lowest BCUT2D eigenvalue weighted by Crippen LogP contribution is -2.28. The van der Waals surface area contributed by atoms with E-state index in [1.54, 1.807) is 6.92 Å². The molecule has 1 saturated carbocycles. The number of nitrogens with one attached hydrogen (secondary N) is 1. The Hall–Kier alpha value is -1.07. The molecule has 1 aromatic carbocycles. The van der Waals surface area contributed by atoms with Crippen molar-refractivity contribution in [1.82, 2.24) is 5.32 Å². The van der Waals surface area contributed by atoms with Crippen LogP contribution in [0.2, 0.25) is 5.02 Å². The molecule has 0 aromatic heterocycles. The molecule has 1 aromatic rings. The highest BCUT2D eigenvalue weighted by atomic mass is 35.5. The predicted molar refractivity (Wildman–Crippen MR) is 83.5 cm³/mol. The first kappa shape index (κ1) is 16.3. The quantitative estimate of drug-likeness (QED) is 0.903. The van der Waals surface area contributed by atoms with E-state index in [4.69, 9.17) is 11.6 Å². The molecule has 1 aliphatic carbocycles. The molecule has 1 aliphatic rings. The number of hydrogen-bond acceptors (Lipinski definition) is 3. The Morgan fingerprint density at radius 3 is 2.62 bits per heavy atom. The lowest BCUT2D eigenvalue weighted by atomic mass is 10.1. The van der Waals surface area contributed by atoms with Crippen molar-refractivity contribution in [2.24, 2.45) is 5.92 Å². The van der Waals surface area contributed by atoms with Gasteiger partial charge < -0.3 is 5.32 Å². The summed E-state index contributed by atoms with van der Waals surface area (Å²) in [5.41, 5.74) is 0.226. The molecule has 1 N–H and O–H groups in total. The van der Waals surface area contributed by atoms with Crippen LogP contribution in [-0.2, 0) is 9.84 Å². The molecule has 1 amide bonds. The van der Waals surface area contributed by atoms with Crippen LogP contribution in [0.3, 0.4) is 0 Å². The number of amides is 1. The summed E-state index contributed by atoms with van der Waals surface area (Å²) in [4.78, 5) is 12.3. The highest BCUT2D eigenvalue weighted by Crippen LogP contribution is 2.25. The molecule has 21 heavy (non-hydrogen) atoms. The molecule has 0 spiro atoms. The van der Waals surface area contributed by atoms with E-state index in [1.807, 2.05) is 0 Å². The van der Waals surface area contributed by atoms with Gasteiger partial charge in [0.1, 0.15) is 0 Å². The standard InChI is InChI=1S/C15H20ClNO3S/c1-2-21(19,20)12-7-8-14(16)13(9-12)15(18)17-10-11-5-3-4-6-11/h7-9,11H,2-6,10H2,1H3,(H,17,18). The second kappa shape index (κ2) is 6.79. The summed E-state index contributed by atoms with van der Waals surface area (Å²) in [6.07, 6.45) is 4.70. The van der Waals surface area contributed by atoms with E-state index >= 15 is 0 Å². The minimum atomic E-state index is -3.34. The lowest BCUT2D eigenvalue weighted by Gasteiger charge is -2.12. The van der Waals surface area contributed by atoms with Crippen LogP contribution in [0.25, 0.3) is 0 Å². The third-order valence-electron chi connectivity index (χ3n) is 3.95. The fraction of sp³-hybridized carbons (Fsp3) is 0.533. The topological polar surface area (TPSA) is 63.2 Å². The first-order valence-corrected chi connectivity index (χ1v) is 9.27. The Morgan fingerprint density at radius 2 is 2.00 bits per heavy atom. The lowest BCUT2D eigenvalue weighted by molar-refractivity contribution is 0.0947. The van der Waals surface area contributed by atoms with Gasteiger partial charge in [-0.3, -0.25) is 4.79 Å². The summed E-state index contributed by atoms with van der Waals surface area (Å²) in [5.74, 6) is 0.216. The summed E-state index contributed by atoms with van der Waals surface area (Å²) in [6, 6.07) is 4.27. The molecule has 0 unspecified atom stereocenters. The van der Waals surface area contributed by atoms with Crippen LogP contribution in [0.5, 0.6) is 0 Å². The van der Waals surface area contributed by atoms with Gasteiger partial charge in [0.25, 0.3) is 5.91 Å². The largest absolute Gasteiger partial charge is 0.352 e. The van der Waals surface area contributed by atoms with E-state index in [9.17, 15) is 13.2 Å². The molecule has 4 nitrogen and oxygen atoms in total. The minimum Gasteiger partial charge on any atom is -0.352 e. The molecule has 0 heterocycles. The maximum atomic E-state index is 12.2. The van der Waals surface area contributed by atoms with Gasteiger partial charge in [-0.05, 0) is 37.0 Å². The maximum Gasteiger partial charge on any atom is 0.252 e. The van der Waals surface area contributed by atoms with Gasteiger partial charge in [-0.2, -0.15) is 0 Å². The van der Waals surface area contributed by atoms with Gasteiger partial charge >= 0.3 is 0 Å². The average molecular weight is 330 g/mol. The van der Waals surface area contributed by atoms with E-state index in [0.717, 1.165) is 12.8 Å². The van der Waals surface area contributed by atoms with Crippen molar-refractivity contribution >= 4 is 27.3 Å². The van der Waals surface area contributed by atoms with Crippen molar-refractivity contribution in [2.75, 3.05) is 12.3 Å². The molecular weight excluding hydrogens is 310 g/mol. The summed E-state index contributed by atoms with van der Waals surface area (Å²) in [5, 5.41) is 3.13. The van der Waals surface area contributed by atoms with Gasteiger partial charge in [-0.1, -0.05) is 31.4 Å². The van der Waals surface area contributed by atoms with E-state index < -0.39 is 9.84 Å². The Balaban J connectivity index is 2.14. The van der Waals surface area contributed by atoms with Crippen LogP contribution < -0.4 is 5.32 Å². The Labute approximate surface area is 130 Å². The molecule has 2 rings (SSSR count). The number of benzene rings is 1.